The molecule has 0 bridgehead atoms. The molecular weight excluding hydrogens is 324 g/mol. The first kappa shape index (κ1) is 7.87. The van der Waals surface area contributed by atoms with Crippen LogP contribution in [0.4, 0.5) is 11.4 Å². The Balaban J connectivity index is 1.90. The zero-order chi connectivity index (χ0) is 26.4. The van der Waals surface area contributed by atoms with Crippen molar-refractivity contribution in [1.29, 1.82) is 0 Å². The molecule has 0 saturated carbocycles. The van der Waals surface area contributed by atoms with Crippen LogP contribution in [0.15, 0.2) is 72.6 Å². The number of hydrogen-bond donors (Lipinski definition) is 0. The number of benzene rings is 3. The van der Waals surface area contributed by atoms with Crippen molar-refractivity contribution in [3.05, 3.63) is 72.6 Å². The molecule has 0 radical (unpaired) electrons. The minimum Gasteiger partial charge on any atom is -0.301 e. The highest BCUT2D eigenvalue weighted by atomic mass is 16.2. The number of carbonyl (C=O) groups excluding carboxylic acids is 2. The van der Waals surface area contributed by atoms with E-state index in [1.807, 2.05) is 0 Å². The van der Waals surface area contributed by atoms with Gasteiger partial charge in [-0.2, -0.15) is 0 Å². The molecule has 4 nitrogen and oxygen atoms in total. The number of carbonyl (C=O) groups is 2. The predicted molar refractivity (Wildman–Crippen MR) is 102 cm³/mol. The van der Waals surface area contributed by atoms with Crippen LogP contribution in [0.25, 0.3) is 22.3 Å². The van der Waals surface area contributed by atoms with Gasteiger partial charge in [0.15, 0.2) is 0 Å². The summed E-state index contributed by atoms with van der Waals surface area (Å²) < 4.78 is 81.5. The fourth-order valence-electron chi connectivity index (χ4n) is 2.83. The van der Waals surface area contributed by atoms with Gasteiger partial charge in [-0.3, -0.25) is 9.59 Å². The molecule has 0 N–H and O–H groups in total. The lowest BCUT2D eigenvalue weighted by molar-refractivity contribution is -0.110. The van der Waals surface area contributed by atoms with E-state index < -0.39 is 60.4 Å². The number of amides is 2. The van der Waals surface area contributed by atoms with Crippen LogP contribution in [0, 0.1) is 0 Å². The summed E-state index contributed by atoms with van der Waals surface area (Å²) >= 11 is 0. The van der Waals surface area contributed by atoms with Crippen molar-refractivity contribution in [2.24, 2.45) is 0 Å². The topological polar surface area (TPSA) is 40.2 Å². The Morgan fingerprint density at radius 1 is 0.654 bits per heavy atom. The Morgan fingerprint density at radius 2 is 1.00 bits per heavy atom. The van der Waals surface area contributed by atoms with Gasteiger partial charge in [-0.25, -0.2) is 0 Å². The van der Waals surface area contributed by atoms with Gasteiger partial charge in [-0.05, 0) is 23.3 Å². The summed E-state index contributed by atoms with van der Waals surface area (Å²) in [4.78, 5) is 26.9. The van der Waals surface area contributed by atoms with Crippen molar-refractivity contribution >= 4 is 23.2 Å². The van der Waals surface area contributed by atoms with E-state index in [0.29, 0.717) is 0 Å². The predicted octanol–water partition coefficient (Wildman–Crippen LogP) is 3.71. The lowest BCUT2D eigenvalue weighted by Crippen LogP contribution is -2.02. The molecule has 4 heteroatoms. The van der Waals surface area contributed by atoms with Gasteiger partial charge in [0.05, 0.1) is 25.1 Å². The summed E-state index contributed by atoms with van der Waals surface area (Å²) in [6.45, 7) is -0.0405. The zero-order valence-corrected chi connectivity index (χ0v) is 13.3. The van der Waals surface area contributed by atoms with Crippen molar-refractivity contribution in [3.63, 3.8) is 0 Å². The average molecular weight is 350 g/mol. The minimum absolute atomic E-state index is 0.0202. The molecule has 2 amide bonds. The monoisotopic (exact) mass is 350 g/mol. The van der Waals surface area contributed by atoms with Gasteiger partial charge in [-0.1, -0.05) is 60.4 Å². The van der Waals surface area contributed by atoms with Crippen molar-refractivity contribution in [2.45, 2.75) is 0 Å². The molecule has 3 aromatic carbocycles. The lowest BCUT2D eigenvalue weighted by atomic mass is 9.96. The average Bonchev–Trinajstić information content (AvgIpc) is 3.76. The number of hydrogen-bond acceptors (Lipinski definition) is 2. The molecule has 0 spiro atoms. The maximum Gasteiger partial charge on any atom is 0.247 e. The molecule has 5 rings (SSSR count). The second-order valence-electron chi connectivity index (χ2n) is 5.85. The molecule has 26 heavy (non-hydrogen) atoms. The summed E-state index contributed by atoms with van der Waals surface area (Å²) in [6.07, 6.45) is 0. The van der Waals surface area contributed by atoms with E-state index in [1.54, 1.807) is 0 Å². The first-order valence-corrected chi connectivity index (χ1v) is 7.80. The van der Waals surface area contributed by atoms with Gasteiger partial charge in [-0.15, -0.1) is 0 Å². The summed E-state index contributed by atoms with van der Waals surface area (Å²) in [5, 5.41) is 0. The molecule has 0 aromatic heterocycles. The third-order valence-corrected chi connectivity index (χ3v) is 4.22. The van der Waals surface area contributed by atoms with Gasteiger partial charge >= 0.3 is 0 Å². The maximum absolute atomic E-state index is 12.2. The van der Waals surface area contributed by atoms with Crippen molar-refractivity contribution in [1.82, 2.24) is 0 Å². The van der Waals surface area contributed by atoms with Gasteiger partial charge in [0.2, 0.25) is 11.8 Å². The Morgan fingerprint density at radius 3 is 1.31 bits per heavy atom. The molecule has 2 aliphatic rings. The van der Waals surface area contributed by atoms with E-state index >= 15 is 0 Å². The fraction of sp³-hybridized carbons (Fsp3) is 0.0909. The van der Waals surface area contributed by atoms with Crippen molar-refractivity contribution in [3.8, 4) is 22.3 Å². The van der Waals surface area contributed by atoms with Crippen LogP contribution in [0.2, 0.25) is 0 Å². The second-order valence-corrected chi connectivity index (χ2v) is 5.85. The molecular formula is C22H16N2O2. The number of anilines is 2. The van der Waals surface area contributed by atoms with Crippen LogP contribution in [0.1, 0.15) is 13.7 Å². The molecule has 2 heterocycles. The van der Waals surface area contributed by atoms with E-state index in [4.69, 9.17) is 13.7 Å². The normalized spacial score (nSPS) is 20.8. The maximum atomic E-state index is 12.2. The second kappa shape index (κ2) is 5.56. The lowest BCUT2D eigenvalue weighted by Gasteiger charge is -2.17. The SMILES string of the molecule is [2H]c1c([2H])c([2H])c(-c2cc(N3CC3=O)c(-c3c([2H])c([2H])c([2H])c([2H])c3[2H])cc2N2CC2=O)c([2H])c1[2H]. The molecule has 0 aliphatic carbocycles. The highest BCUT2D eigenvalue weighted by molar-refractivity contribution is 6.17. The van der Waals surface area contributed by atoms with E-state index in [1.165, 1.54) is 21.9 Å². The summed E-state index contributed by atoms with van der Waals surface area (Å²) in [6, 6.07) is -2.75. The van der Waals surface area contributed by atoms with E-state index in [2.05, 4.69) is 0 Å². The smallest absolute Gasteiger partial charge is 0.247 e. The Kier molecular flexibility index (Phi) is 1.68. The largest absolute Gasteiger partial charge is 0.301 e. The van der Waals surface area contributed by atoms with Crippen LogP contribution in [0.5, 0.6) is 0 Å². The van der Waals surface area contributed by atoms with Gasteiger partial charge < -0.3 is 9.80 Å². The summed E-state index contributed by atoms with van der Waals surface area (Å²) in [5.74, 6) is -0.627. The fourth-order valence-corrected chi connectivity index (χ4v) is 2.83. The van der Waals surface area contributed by atoms with Gasteiger partial charge in [0, 0.05) is 11.1 Å². The van der Waals surface area contributed by atoms with Crippen molar-refractivity contribution in [2.75, 3.05) is 22.9 Å². The van der Waals surface area contributed by atoms with Gasteiger partial charge in [0.1, 0.15) is 13.1 Å². The Hall–Kier alpha value is -3.40. The standard InChI is InChI=1S/C22H16N2O2/c25-21-13-23(21)19-12-18(16-9-5-2-6-10-16)20(24-14-22(24)26)11-17(19)15-7-3-1-4-8-15/h1-12H,13-14H2/i1D,2D,3D,4D,5D,6D,7D,8D,9D,10D. The molecule has 0 atom stereocenters. The highest BCUT2D eigenvalue weighted by Gasteiger charge is 2.37. The number of rotatable bonds is 4. The van der Waals surface area contributed by atoms with E-state index in [-0.39, 0.29) is 58.5 Å². The minimum atomic E-state index is -0.588. The third-order valence-electron chi connectivity index (χ3n) is 4.22. The van der Waals surface area contributed by atoms with Crippen LogP contribution in [-0.2, 0) is 9.59 Å². The zero-order valence-electron chi connectivity index (χ0n) is 23.3. The highest BCUT2D eigenvalue weighted by Crippen LogP contribution is 2.44. The van der Waals surface area contributed by atoms with Crippen LogP contribution < -0.4 is 9.80 Å². The third kappa shape index (κ3) is 2.47. The summed E-state index contributed by atoms with van der Waals surface area (Å²) in [7, 11) is 0. The van der Waals surface area contributed by atoms with Crippen LogP contribution >= 0.6 is 0 Å². The molecule has 126 valence electrons. The van der Waals surface area contributed by atoms with Crippen LogP contribution in [0.3, 0.4) is 0 Å². The number of nitrogens with zero attached hydrogens (tertiary/aromatic N) is 2. The van der Waals surface area contributed by atoms with Gasteiger partial charge in [0.25, 0.3) is 0 Å². The molecule has 2 aliphatic heterocycles. The van der Waals surface area contributed by atoms with E-state index in [9.17, 15) is 9.59 Å². The Labute approximate surface area is 165 Å². The molecule has 2 fully saturated rings. The molecule has 2 saturated heterocycles. The summed E-state index contributed by atoms with van der Waals surface area (Å²) in [5.41, 5.74) is 0.0850. The molecule has 3 aromatic rings. The first-order chi connectivity index (χ1) is 16.9. The van der Waals surface area contributed by atoms with E-state index in [0.717, 1.165) is 0 Å². The quantitative estimate of drug-likeness (QED) is 0.673. The van der Waals surface area contributed by atoms with Crippen LogP contribution in [-0.4, -0.2) is 24.9 Å². The van der Waals surface area contributed by atoms with Crippen molar-refractivity contribution < 1.29 is 23.3 Å². The first-order valence-electron chi connectivity index (χ1n) is 12.8. The Bertz CT molecular complexity index is 1380. The molecule has 0 unspecified atom stereocenters.